The Hall–Kier alpha value is -2.65. The molecule has 6 amide bonds. The zero-order valence-electron chi connectivity index (χ0n) is 16.4. The number of imide groups is 2. The molecule has 1 atom stereocenters. The van der Waals surface area contributed by atoms with Crippen LogP contribution in [0.25, 0.3) is 0 Å². The zero-order chi connectivity index (χ0) is 20.8. The fourth-order valence-corrected chi connectivity index (χ4v) is 2.42. The highest BCUT2D eigenvalue weighted by Gasteiger charge is 2.48. The van der Waals surface area contributed by atoms with Crippen molar-refractivity contribution in [1.82, 2.24) is 20.9 Å². The smallest absolute Gasteiger partial charge is 0.326 e. The Labute approximate surface area is 158 Å². The number of hydrogen-bond acceptors (Lipinski definition) is 6. The van der Waals surface area contributed by atoms with Crippen molar-refractivity contribution in [2.45, 2.75) is 59.0 Å². The predicted molar refractivity (Wildman–Crippen MR) is 95.5 cm³/mol. The standard InChI is InChI=1S/C17H28N4O6/c1-10(2)6-7-17(5)14(24)21(16(26)20-17)8-13(23)27-9-12(22)19-15(25)18-11(3)4/h10-11H,6-9H2,1-5H3,(H,20,26)(H2,18,19,22,25)/t17-/m0/s1. The fourth-order valence-electron chi connectivity index (χ4n) is 2.42. The third-order valence-electron chi connectivity index (χ3n) is 3.89. The van der Waals surface area contributed by atoms with E-state index in [1.165, 1.54) is 0 Å². The van der Waals surface area contributed by atoms with Gasteiger partial charge in [-0.15, -0.1) is 0 Å². The van der Waals surface area contributed by atoms with E-state index in [4.69, 9.17) is 4.74 Å². The van der Waals surface area contributed by atoms with Crippen molar-refractivity contribution in [2.75, 3.05) is 13.2 Å². The van der Waals surface area contributed by atoms with Crippen molar-refractivity contribution < 1.29 is 28.7 Å². The third kappa shape index (κ3) is 6.87. The predicted octanol–water partition coefficient (Wildman–Crippen LogP) is 0.511. The second kappa shape index (κ2) is 9.33. The van der Waals surface area contributed by atoms with Gasteiger partial charge in [0.05, 0.1) is 0 Å². The average Bonchev–Trinajstić information content (AvgIpc) is 2.74. The monoisotopic (exact) mass is 384 g/mol. The van der Waals surface area contributed by atoms with E-state index in [2.05, 4.69) is 10.6 Å². The fraction of sp³-hybridized carbons (Fsp3) is 0.706. The molecule has 10 nitrogen and oxygen atoms in total. The molecule has 1 aliphatic heterocycles. The topological polar surface area (TPSA) is 134 Å². The van der Waals surface area contributed by atoms with Crippen LogP contribution in [-0.2, 0) is 19.1 Å². The molecule has 1 fully saturated rings. The molecule has 0 aromatic heterocycles. The Morgan fingerprint density at radius 2 is 1.81 bits per heavy atom. The summed E-state index contributed by atoms with van der Waals surface area (Å²) in [6, 6.07) is -1.55. The van der Waals surface area contributed by atoms with E-state index in [-0.39, 0.29) is 6.04 Å². The van der Waals surface area contributed by atoms with Crippen LogP contribution in [0.15, 0.2) is 0 Å². The normalized spacial score (nSPS) is 19.3. The molecule has 1 rings (SSSR count). The van der Waals surface area contributed by atoms with Crippen LogP contribution in [-0.4, -0.2) is 59.5 Å². The number of hydrogen-bond donors (Lipinski definition) is 3. The van der Waals surface area contributed by atoms with Gasteiger partial charge >= 0.3 is 18.0 Å². The lowest BCUT2D eigenvalue weighted by atomic mass is 9.92. The second-order valence-electron chi connectivity index (χ2n) is 7.42. The number of urea groups is 2. The largest absolute Gasteiger partial charge is 0.454 e. The van der Waals surface area contributed by atoms with Gasteiger partial charge in [-0.25, -0.2) is 9.59 Å². The van der Waals surface area contributed by atoms with Gasteiger partial charge in [-0.05, 0) is 39.5 Å². The minimum atomic E-state index is -1.06. The van der Waals surface area contributed by atoms with E-state index in [0.29, 0.717) is 12.3 Å². The van der Waals surface area contributed by atoms with Gasteiger partial charge in [-0.3, -0.25) is 24.6 Å². The Balaban J connectivity index is 2.50. The van der Waals surface area contributed by atoms with Gasteiger partial charge < -0.3 is 15.4 Å². The molecule has 1 aliphatic rings. The van der Waals surface area contributed by atoms with Gasteiger partial charge in [0.15, 0.2) is 6.61 Å². The van der Waals surface area contributed by atoms with Crippen LogP contribution in [0.3, 0.4) is 0 Å². The van der Waals surface area contributed by atoms with Crippen LogP contribution in [0, 0.1) is 5.92 Å². The van der Waals surface area contributed by atoms with Crippen LogP contribution < -0.4 is 16.0 Å². The number of carbonyl (C=O) groups is 5. The summed E-state index contributed by atoms with van der Waals surface area (Å²) in [7, 11) is 0. The first kappa shape index (κ1) is 22.4. The van der Waals surface area contributed by atoms with E-state index in [0.717, 1.165) is 11.3 Å². The first-order chi connectivity index (χ1) is 12.4. The first-order valence-corrected chi connectivity index (χ1v) is 8.84. The summed E-state index contributed by atoms with van der Waals surface area (Å²) in [5.41, 5.74) is -1.06. The minimum absolute atomic E-state index is 0.162. The lowest BCUT2D eigenvalue weighted by molar-refractivity contribution is -0.150. The molecule has 0 aromatic carbocycles. The van der Waals surface area contributed by atoms with Gasteiger partial charge in [0.25, 0.3) is 11.8 Å². The molecule has 152 valence electrons. The Morgan fingerprint density at radius 3 is 2.37 bits per heavy atom. The minimum Gasteiger partial charge on any atom is -0.454 e. The Kier molecular flexibility index (Phi) is 7.74. The van der Waals surface area contributed by atoms with Crippen molar-refractivity contribution in [2.24, 2.45) is 5.92 Å². The molecule has 0 saturated carbocycles. The maximum absolute atomic E-state index is 12.5. The molecule has 0 bridgehead atoms. The second-order valence-corrected chi connectivity index (χ2v) is 7.42. The maximum Gasteiger partial charge on any atom is 0.326 e. The summed E-state index contributed by atoms with van der Waals surface area (Å²) in [6.07, 6.45) is 1.19. The number of rotatable bonds is 8. The highest BCUT2D eigenvalue weighted by atomic mass is 16.5. The maximum atomic E-state index is 12.5. The molecule has 10 heteroatoms. The molecule has 0 radical (unpaired) electrons. The lowest BCUT2D eigenvalue weighted by Crippen LogP contribution is -2.45. The van der Waals surface area contributed by atoms with Gasteiger partial charge in [-0.1, -0.05) is 13.8 Å². The van der Waals surface area contributed by atoms with E-state index in [9.17, 15) is 24.0 Å². The SMILES string of the molecule is CC(C)CC[C@]1(C)NC(=O)N(CC(=O)OCC(=O)NC(=O)NC(C)C)C1=O. The molecular formula is C17H28N4O6. The van der Waals surface area contributed by atoms with E-state index in [1.54, 1.807) is 20.8 Å². The highest BCUT2D eigenvalue weighted by Crippen LogP contribution is 2.24. The summed E-state index contributed by atoms with van der Waals surface area (Å²) in [6.45, 7) is 7.76. The zero-order valence-corrected chi connectivity index (χ0v) is 16.4. The van der Waals surface area contributed by atoms with Gasteiger partial charge in [0.2, 0.25) is 0 Å². The van der Waals surface area contributed by atoms with Crippen molar-refractivity contribution in [1.29, 1.82) is 0 Å². The lowest BCUT2D eigenvalue weighted by Gasteiger charge is -2.22. The number of nitrogens with one attached hydrogen (secondary N) is 3. The molecule has 27 heavy (non-hydrogen) atoms. The summed E-state index contributed by atoms with van der Waals surface area (Å²) in [5, 5.41) is 7.03. The van der Waals surface area contributed by atoms with Crippen molar-refractivity contribution in [3.05, 3.63) is 0 Å². The number of esters is 1. The van der Waals surface area contributed by atoms with Gasteiger partial charge in [0.1, 0.15) is 12.1 Å². The molecule has 1 heterocycles. The molecule has 0 aromatic rings. The number of amides is 6. The molecular weight excluding hydrogens is 356 g/mol. The van der Waals surface area contributed by atoms with E-state index >= 15 is 0 Å². The van der Waals surface area contributed by atoms with E-state index < -0.39 is 48.5 Å². The van der Waals surface area contributed by atoms with Crippen molar-refractivity contribution in [3.8, 4) is 0 Å². The van der Waals surface area contributed by atoms with Crippen LogP contribution in [0.4, 0.5) is 9.59 Å². The average molecular weight is 384 g/mol. The third-order valence-corrected chi connectivity index (χ3v) is 3.89. The van der Waals surface area contributed by atoms with E-state index in [1.807, 2.05) is 19.2 Å². The number of nitrogens with zero attached hydrogens (tertiary/aromatic N) is 1. The number of ether oxygens (including phenoxy) is 1. The summed E-state index contributed by atoms with van der Waals surface area (Å²) < 4.78 is 4.73. The Bertz CT molecular complexity index is 619. The quantitative estimate of drug-likeness (QED) is 0.412. The Morgan fingerprint density at radius 1 is 1.19 bits per heavy atom. The molecule has 3 N–H and O–H groups in total. The highest BCUT2D eigenvalue weighted by molar-refractivity contribution is 6.08. The van der Waals surface area contributed by atoms with Crippen LogP contribution in [0.2, 0.25) is 0 Å². The molecule has 1 saturated heterocycles. The molecule has 0 aliphatic carbocycles. The summed E-state index contributed by atoms with van der Waals surface area (Å²) in [5.74, 6) is -1.89. The van der Waals surface area contributed by atoms with Crippen LogP contribution in [0.1, 0.15) is 47.5 Å². The van der Waals surface area contributed by atoms with Gasteiger partial charge in [0, 0.05) is 6.04 Å². The molecule has 0 spiro atoms. The number of carbonyl (C=O) groups excluding carboxylic acids is 5. The molecule has 0 unspecified atom stereocenters. The first-order valence-electron chi connectivity index (χ1n) is 8.84. The van der Waals surface area contributed by atoms with Crippen molar-refractivity contribution >= 4 is 29.8 Å². The summed E-state index contributed by atoms with van der Waals surface area (Å²) in [4.78, 5) is 60.0. The summed E-state index contributed by atoms with van der Waals surface area (Å²) >= 11 is 0. The van der Waals surface area contributed by atoms with Crippen LogP contribution >= 0.6 is 0 Å². The van der Waals surface area contributed by atoms with Gasteiger partial charge in [-0.2, -0.15) is 0 Å². The van der Waals surface area contributed by atoms with Crippen LogP contribution in [0.5, 0.6) is 0 Å². The van der Waals surface area contributed by atoms with Crippen molar-refractivity contribution in [3.63, 3.8) is 0 Å².